The maximum absolute atomic E-state index is 12.6. The van der Waals surface area contributed by atoms with Crippen molar-refractivity contribution in [2.45, 2.75) is 136 Å². The van der Waals surface area contributed by atoms with Crippen LogP contribution in [0.25, 0.3) is 0 Å². The number of hydrogen-bond acceptors (Lipinski definition) is 8. The molecule has 2 atom stereocenters. The number of carbonyl (C=O) groups excluding carboxylic acids is 2. The number of unbranched alkanes of at least 4 members (excludes halogenated alkanes) is 12. The lowest BCUT2D eigenvalue weighted by Gasteiger charge is -2.28. The maximum Gasteiger partial charge on any atom is 0.306 e. The highest BCUT2D eigenvalue weighted by atomic mass is 31.2. The summed E-state index contributed by atoms with van der Waals surface area (Å²) < 4.78 is 33.7. The Hall–Kier alpha value is -2.29. The number of phosphoric ester groups is 1. The van der Waals surface area contributed by atoms with Gasteiger partial charge in [-0.3, -0.25) is 14.2 Å². The Kier molecular flexibility index (Phi) is 31.1. The summed E-state index contributed by atoms with van der Waals surface area (Å²) in [7, 11) is 1.12. The van der Waals surface area contributed by atoms with E-state index in [1.807, 2.05) is 57.6 Å². The second kappa shape index (κ2) is 32.6. The third-order valence-corrected chi connectivity index (χ3v) is 8.58. The fourth-order valence-electron chi connectivity index (χ4n) is 4.60. The van der Waals surface area contributed by atoms with Gasteiger partial charge in [-0.2, -0.15) is 0 Å². The summed E-state index contributed by atoms with van der Waals surface area (Å²) in [5, 5.41) is 0. The van der Waals surface area contributed by atoms with Gasteiger partial charge in [-0.1, -0.05) is 120 Å². The zero-order valence-corrected chi connectivity index (χ0v) is 33.0. The molecule has 2 unspecified atom stereocenters. The predicted molar refractivity (Wildman–Crippen MR) is 203 cm³/mol. The predicted octanol–water partition coefficient (Wildman–Crippen LogP) is 9.49. The fraction of sp³-hybridized carbons (Fsp3) is 0.700. The van der Waals surface area contributed by atoms with E-state index in [2.05, 4.69) is 38.2 Å². The van der Waals surface area contributed by atoms with Crippen molar-refractivity contribution >= 4 is 19.8 Å². The first-order chi connectivity index (χ1) is 24.0. The summed E-state index contributed by atoms with van der Waals surface area (Å²) in [6.45, 7) is 3.97. The number of carbonyl (C=O) groups is 2. The van der Waals surface area contributed by atoms with Crippen LogP contribution in [0, 0.1) is 0 Å². The molecule has 0 amide bonds. The second-order valence-corrected chi connectivity index (χ2v) is 15.1. The largest absolute Gasteiger partial charge is 0.756 e. The molecule has 0 heterocycles. The molecule has 0 radical (unpaired) electrons. The molecule has 0 fully saturated rings. The van der Waals surface area contributed by atoms with Crippen molar-refractivity contribution in [2.75, 3.05) is 47.5 Å². The van der Waals surface area contributed by atoms with Crippen molar-refractivity contribution in [1.82, 2.24) is 0 Å². The average molecular weight is 724 g/mol. The maximum atomic E-state index is 12.6. The van der Waals surface area contributed by atoms with Gasteiger partial charge in [-0.05, 0) is 57.8 Å². The van der Waals surface area contributed by atoms with Crippen molar-refractivity contribution in [3.8, 4) is 0 Å². The molecular formula is C40H70NO8P. The summed E-state index contributed by atoms with van der Waals surface area (Å²) >= 11 is 0. The normalized spacial score (nSPS) is 14.4. The standard InChI is InChI=1S/C40H70NO8P/c1-6-8-10-12-14-16-18-20-22-24-26-28-30-32-39(42)46-36-38(37-48-50(44,45)47-35-34-41(3,4)5)49-40(43)33-31-29-27-25-23-21-19-17-15-13-11-9-7-2/h9,11,13,15,17,19-23,38H,6-8,10,12,14,16,18,24-37H2,1-5H3/b11-9+,15-13+,19-17+,22-20+,23-21+. The first kappa shape index (κ1) is 47.7. The lowest BCUT2D eigenvalue weighted by molar-refractivity contribution is -0.870. The number of rotatable bonds is 33. The molecule has 10 heteroatoms. The topological polar surface area (TPSA) is 111 Å². The van der Waals surface area contributed by atoms with Crippen LogP contribution in [0.5, 0.6) is 0 Å². The van der Waals surface area contributed by atoms with E-state index in [1.54, 1.807) is 0 Å². The zero-order valence-electron chi connectivity index (χ0n) is 32.1. The number of esters is 2. The summed E-state index contributed by atoms with van der Waals surface area (Å²) in [5.74, 6) is -0.908. The van der Waals surface area contributed by atoms with Gasteiger partial charge in [-0.15, -0.1) is 0 Å². The van der Waals surface area contributed by atoms with E-state index < -0.39 is 32.5 Å². The Morgan fingerprint density at radius 2 is 1.16 bits per heavy atom. The Labute approximate surface area is 305 Å². The molecule has 0 aromatic carbocycles. The first-order valence-corrected chi connectivity index (χ1v) is 20.5. The van der Waals surface area contributed by atoms with E-state index in [4.69, 9.17) is 18.5 Å². The van der Waals surface area contributed by atoms with Crippen LogP contribution in [0.3, 0.4) is 0 Å². The fourth-order valence-corrected chi connectivity index (χ4v) is 5.33. The number of phosphoric acid groups is 1. The lowest BCUT2D eigenvalue weighted by atomic mass is 10.1. The Balaban J connectivity index is 4.56. The third kappa shape index (κ3) is 35.5. The highest BCUT2D eigenvalue weighted by molar-refractivity contribution is 7.45. The van der Waals surface area contributed by atoms with Crippen LogP contribution in [0.1, 0.15) is 129 Å². The molecule has 0 N–H and O–H groups in total. The molecule has 0 aromatic heterocycles. The minimum Gasteiger partial charge on any atom is -0.756 e. The number of ether oxygens (including phenoxy) is 2. The molecule has 0 saturated carbocycles. The van der Waals surface area contributed by atoms with Gasteiger partial charge in [0.2, 0.25) is 0 Å². The number of hydrogen-bond donors (Lipinski definition) is 0. The molecular weight excluding hydrogens is 653 g/mol. The van der Waals surface area contributed by atoms with E-state index >= 15 is 0 Å². The van der Waals surface area contributed by atoms with Crippen LogP contribution in [0.4, 0.5) is 0 Å². The van der Waals surface area contributed by atoms with Crippen LogP contribution in [0.2, 0.25) is 0 Å². The number of likely N-dealkylation sites (N-methyl/N-ethyl adjacent to an activating group) is 1. The summed E-state index contributed by atoms with van der Waals surface area (Å²) in [6.07, 6.45) is 36.8. The molecule has 0 aromatic rings. The lowest BCUT2D eigenvalue weighted by Crippen LogP contribution is -2.37. The quantitative estimate of drug-likeness (QED) is 0.0164. The summed E-state index contributed by atoms with van der Waals surface area (Å²) in [6, 6.07) is 0. The van der Waals surface area contributed by atoms with Gasteiger partial charge in [0.15, 0.2) is 6.10 Å². The summed E-state index contributed by atoms with van der Waals surface area (Å²) in [5.41, 5.74) is 0. The van der Waals surface area contributed by atoms with E-state index in [-0.39, 0.29) is 26.1 Å². The van der Waals surface area contributed by atoms with Crippen molar-refractivity contribution in [2.24, 2.45) is 0 Å². The average Bonchev–Trinajstić information content (AvgIpc) is 3.06. The molecule has 9 nitrogen and oxygen atoms in total. The van der Waals surface area contributed by atoms with Crippen LogP contribution in [-0.2, 0) is 32.7 Å². The van der Waals surface area contributed by atoms with E-state index in [1.165, 1.54) is 38.5 Å². The van der Waals surface area contributed by atoms with Crippen molar-refractivity contribution < 1.29 is 42.1 Å². The molecule has 0 saturated heterocycles. The molecule has 0 rings (SSSR count). The van der Waals surface area contributed by atoms with Gasteiger partial charge in [0.05, 0.1) is 27.7 Å². The van der Waals surface area contributed by atoms with Gasteiger partial charge in [0.1, 0.15) is 19.8 Å². The molecule has 0 aliphatic rings. The van der Waals surface area contributed by atoms with Gasteiger partial charge >= 0.3 is 11.9 Å². The van der Waals surface area contributed by atoms with Crippen molar-refractivity contribution in [3.05, 3.63) is 60.8 Å². The van der Waals surface area contributed by atoms with E-state index in [9.17, 15) is 19.0 Å². The van der Waals surface area contributed by atoms with Crippen molar-refractivity contribution in [3.63, 3.8) is 0 Å². The number of nitrogens with zero attached hydrogens (tertiary/aromatic N) is 1. The van der Waals surface area contributed by atoms with Crippen LogP contribution >= 0.6 is 7.82 Å². The SMILES string of the molecule is CC/C=C/C=C/C=C/C=C/CCCCCC(=O)OC(COC(=O)CCCCC/C=C/CCCCCCCC)COP(=O)([O-])OCC[N+](C)(C)C. The monoisotopic (exact) mass is 723 g/mol. The van der Waals surface area contributed by atoms with E-state index in [0.717, 1.165) is 51.4 Å². The van der Waals surface area contributed by atoms with Crippen LogP contribution in [0.15, 0.2) is 60.8 Å². The van der Waals surface area contributed by atoms with Crippen LogP contribution in [-0.4, -0.2) is 70.0 Å². The molecule has 0 bridgehead atoms. The van der Waals surface area contributed by atoms with Gasteiger partial charge in [0, 0.05) is 12.8 Å². The zero-order chi connectivity index (χ0) is 37.2. The van der Waals surface area contributed by atoms with Gasteiger partial charge < -0.3 is 27.9 Å². The third-order valence-electron chi connectivity index (χ3n) is 7.62. The Morgan fingerprint density at radius 1 is 0.640 bits per heavy atom. The summed E-state index contributed by atoms with van der Waals surface area (Å²) in [4.78, 5) is 37.3. The molecule has 0 aliphatic carbocycles. The molecule has 288 valence electrons. The highest BCUT2D eigenvalue weighted by Crippen LogP contribution is 2.38. The molecule has 0 spiro atoms. The number of quaternary nitrogens is 1. The second-order valence-electron chi connectivity index (χ2n) is 13.6. The smallest absolute Gasteiger partial charge is 0.306 e. The van der Waals surface area contributed by atoms with Gasteiger partial charge in [-0.25, -0.2) is 0 Å². The first-order valence-electron chi connectivity index (χ1n) is 19.0. The minimum atomic E-state index is -4.63. The van der Waals surface area contributed by atoms with E-state index in [0.29, 0.717) is 23.9 Å². The molecule has 0 aliphatic heterocycles. The van der Waals surface area contributed by atoms with Gasteiger partial charge in [0.25, 0.3) is 7.82 Å². The van der Waals surface area contributed by atoms with Crippen LogP contribution < -0.4 is 4.89 Å². The highest BCUT2D eigenvalue weighted by Gasteiger charge is 2.21. The number of allylic oxidation sites excluding steroid dienone is 10. The minimum absolute atomic E-state index is 0.0438. The molecule has 50 heavy (non-hydrogen) atoms. The Bertz CT molecular complexity index is 1040. The van der Waals surface area contributed by atoms with Crippen molar-refractivity contribution in [1.29, 1.82) is 0 Å². The Morgan fingerprint density at radius 3 is 1.76 bits per heavy atom.